The number of para-hydroxylation sites is 2. The molecule has 1 unspecified atom stereocenters. The van der Waals surface area contributed by atoms with Crippen molar-refractivity contribution in [3.8, 4) is 0 Å². The predicted molar refractivity (Wildman–Crippen MR) is 92.7 cm³/mol. The zero-order valence-corrected chi connectivity index (χ0v) is 13.9. The normalized spacial score (nSPS) is 23.0. The summed E-state index contributed by atoms with van der Waals surface area (Å²) >= 11 is 0. The first kappa shape index (κ1) is 15.4. The number of hydrogen-bond acceptors (Lipinski definition) is 5. The van der Waals surface area contributed by atoms with E-state index in [9.17, 15) is 4.79 Å². The largest absolute Gasteiger partial charge is 0.423 e. The monoisotopic (exact) mass is 328 g/mol. The summed E-state index contributed by atoms with van der Waals surface area (Å²) < 4.78 is 5.84. The fourth-order valence-electron chi connectivity index (χ4n) is 3.78. The van der Waals surface area contributed by atoms with Crippen molar-refractivity contribution in [1.82, 2.24) is 9.88 Å². The zero-order chi connectivity index (χ0) is 16.5. The third-order valence-corrected chi connectivity index (χ3v) is 5.17. The molecule has 1 atom stereocenters. The van der Waals surface area contributed by atoms with Crippen molar-refractivity contribution in [2.75, 3.05) is 31.1 Å². The van der Waals surface area contributed by atoms with Gasteiger partial charge in [0, 0.05) is 38.1 Å². The number of benzene rings is 1. The van der Waals surface area contributed by atoms with Gasteiger partial charge in [0.1, 0.15) is 5.52 Å². The Morgan fingerprint density at radius 2 is 1.96 bits per heavy atom. The molecule has 6 nitrogen and oxygen atoms in total. The molecular formula is C18H24N4O2. The van der Waals surface area contributed by atoms with E-state index in [1.807, 2.05) is 29.2 Å². The van der Waals surface area contributed by atoms with Crippen LogP contribution in [0.15, 0.2) is 28.7 Å². The number of amides is 1. The van der Waals surface area contributed by atoms with E-state index in [1.165, 1.54) is 0 Å². The smallest absolute Gasteiger partial charge is 0.298 e. The van der Waals surface area contributed by atoms with E-state index in [-0.39, 0.29) is 17.9 Å². The molecule has 1 aromatic carbocycles. The van der Waals surface area contributed by atoms with Crippen LogP contribution >= 0.6 is 0 Å². The highest BCUT2D eigenvalue weighted by molar-refractivity contribution is 5.79. The number of carbonyl (C=O) groups excluding carboxylic acids is 1. The van der Waals surface area contributed by atoms with Crippen LogP contribution in [0.1, 0.15) is 25.7 Å². The van der Waals surface area contributed by atoms with Gasteiger partial charge >= 0.3 is 0 Å². The maximum atomic E-state index is 12.7. The van der Waals surface area contributed by atoms with E-state index in [0.717, 1.165) is 56.4 Å². The lowest BCUT2D eigenvalue weighted by Crippen LogP contribution is -2.49. The lowest BCUT2D eigenvalue weighted by atomic mass is 9.94. The second-order valence-corrected chi connectivity index (χ2v) is 6.91. The number of piperidine rings is 2. The van der Waals surface area contributed by atoms with Crippen LogP contribution in [0.3, 0.4) is 0 Å². The lowest BCUT2D eigenvalue weighted by molar-refractivity contribution is -0.137. The third kappa shape index (κ3) is 2.98. The van der Waals surface area contributed by atoms with Gasteiger partial charge in [-0.1, -0.05) is 12.1 Å². The number of rotatable bonds is 2. The quantitative estimate of drug-likeness (QED) is 0.912. The van der Waals surface area contributed by atoms with E-state index in [4.69, 9.17) is 10.2 Å². The molecule has 0 bridgehead atoms. The fourth-order valence-corrected chi connectivity index (χ4v) is 3.78. The third-order valence-electron chi connectivity index (χ3n) is 5.17. The Morgan fingerprint density at radius 3 is 2.71 bits per heavy atom. The van der Waals surface area contributed by atoms with Gasteiger partial charge in [0.2, 0.25) is 5.91 Å². The molecule has 24 heavy (non-hydrogen) atoms. The summed E-state index contributed by atoms with van der Waals surface area (Å²) in [4.78, 5) is 21.4. The van der Waals surface area contributed by atoms with Gasteiger partial charge in [-0.25, -0.2) is 0 Å². The maximum Gasteiger partial charge on any atom is 0.298 e. The van der Waals surface area contributed by atoms with Crippen molar-refractivity contribution in [2.24, 2.45) is 11.7 Å². The number of likely N-dealkylation sites (tertiary alicyclic amines) is 1. The fraction of sp³-hybridized carbons (Fsp3) is 0.556. The average molecular weight is 328 g/mol. The molecule has 128 valence electrons. The van der Waals surface area contributed by atoms with Crippen LogP contribution in [0.2, 0.25) is 0 Å². The minimum Gasteiger partial charge on any atom is -0.423 e. The number of aromatic nitrogens is 1. The summed E-state index contributed by atoms with van der Waals surface area (Å²) in [6.45, 7) is 3.19. The number of oxazole rings is 1. The van der Waals surface area contributed by atoms with Gasteiger partial charge < -0.3 is 20.0 Å². The first-order chi connectivity index (χ1) is 11.7. The summed E-state index contributed by atoms with van der Waals surface area (Å²) in [5, 5.41) is 0. The molecule has 0 spiro atoms. The van der Waals surface area contributed by atoms with E-state index >= 15 is 0 Å². The maximum absolute atomic E-state index is 12.7. The van der Waals surface area contributed by atoms with Crippen LogP contribution in [0.5, 0.6) is 0 Å². The van der Waals surface area contributed by atoms with Crippen molar-refractivity contribution < 1.29 is 9.21 Å². The SMILES string of the molecule is NC1CCCN(C(=O)C2CCN(c3nc4ccccc4o3)CC2)C1. The topological polar surface area (TPSA) is 75.6 Å². The van der Waals surface area contributed by atoms with Crippen LogP contribution in [0, 0.1) is 5.92 Å². The molecule has 0 radical (unpaired) electrons. The number of hydrogen-bond donors (Lipinski definition) is 1. The van der Waals surface area contributed by atoms with Gasteiger partial charge in [-0.15, -0.1) is 0 Å². The Morgan fingerprint density at radius 1 is 1.17 bits per heavy atom. The van der Waals surface area contributed by atoms with Crippen LogP contribution in [0.25, 0.3) is 11.1 Å². The number of fused-ring (bicyclic) bond motifs is 1. The molecule has 1 amide bonds. The molecule has 2 N–H and O–H groups in total. The van der Waals surface area contributed by atoms with Crippen molar-refractivity contribution in [2.45, 2.75) is 31.7 Å². The van der Waals surface area contributed by atoms with Gasteiger partial charge in [-0.3, -0.25) is 4.79 Å². The zero-order valence-electron chi connectivity index (χ0n) is 13.9. The lowest BCUT2D eigenvalue weighted by Gasteiger charge is -2.36. The second-order valence-electron chi connectivity index (χ2n) is 6.91. The molecule has 6 heteroatoms. The summed E-state index contributed by atoms with van der Waals surface area (Å²) in [6.07, 6.45) is 3.75. The molecule has 1 aromatic heterocycles. The first-order valence-corrected chi connectivity index (χ1v) is 8.85. The van der Waals surface area contributed by atoms with E-state index in [2.05, 4.69) is 9.88 Å². The van der Waals surface area contributed by atoms with E-state index in [1.54, 1.807) is 0 Å². The van der Waals surface area contributed by atoms with Crippen molar-refractivity contribution in [1.29, 1.82) is 0 Å². The molecule has 2 fully saturated rings. The van der Waals surface area contributed by atoms with Crippen molar-refractivity contribution in [3.63, 3.8) is 0 Å². The molecule has 2 aliphatic rings. The Labute approximate surface area is 141 Å². The molecule has 0 aliphatic carbocycles. The summed E-state index contributed by atoms with van der Waals surface area (Å²) in [5.74, 6) is 0.387. The Balaban J connectivity index is 1.38. The molecular weight excluding hydrogens is 304 g/mol. The molecule has 2 aliphatic heterocycles. The highest BCUT2D eigenvalue weighted by atomic mass is 16.4. The Kier molecular flexibility index (Phi) is 4.14. The number of carbonyl (C=O) groups is 1. The summed E-state index contributed by atoms with van der Waals surface area (Å²) in [7, 11) is 0. The second kappa shape index (κ2) is 6.43. The van der Waals surface area contributed by atoms with Gasteiger partial charge in [0.25, 0.3) is 6.01 Å². The number of anilines is 1. The number of nitrogens with zero attached hydrogens (tertiary/aromatic N) is 3. The van der Waals surface area contributed by atoms with Crippen LogP contribution in [-0.4, -0.2) is 48.0 Å². The Bertz CT molecular complexity index is 688. The van der Waals surface area contributed by atoms with Gasteiger partial charge in [-0.2, -0.15) is 4.98 Å². The molecule has 2 aromatic rings. The van der Waals surface area contributed by atoms with E-state index in [0.29, 0.717) is 12.6 Å². The van der Waals surface area contributed by atoms with Crippen LogP contribution in [0.4, 0.5) is 6.01 Å². The predicted octanol–water partition coefficient (Wildman–Crippen LogP) is 1.99. The van der Waals surface area contributed by atoms with Crippen LogP contribution in [-0.2, 0) is 4.79 Å². The highest BCUT2D eigenvalue weighted by Gasteiger charge is 2.31. The first-order valence-electron chi connectivity index (χ1n) is 8.85. The number of nitrogens with two attached hydrogens (primary N) is 1. The highest BCUT2D eigenvalue weighted by Crippen LogP contribution is 2.27. The molecule has 4 rings (SSSR count). The minimum atomic E-state index is 0.107. The summed E-state index contributed by atoms with van der Waals surface area (Å²) in [5.41, 5.74) is 7.70. The minimum absolute atomic E-state index is 0.107. The molecule has 3 heterocycles. The Hall–Kier alpha value is -2.08. The molecule has 2 saturated heterocycles. The van der Waals surface area contributed by atoms with Gasteiger partial charge in [0.05, 0.1) is 0 Å². The van der Waals surface area contributed by atoms with Gasteiger partial charge in [0.15, 0.2) is 5.58 Å². The summed E-state index contributed by atoms with van der Waals surface area (Å²) in [6, 6.07) is 8.61. The standard InChI is InChI=1S/C18H24N4O2/c19-14-4-3-9-22(12-14)17(23)13-7-10-21(11-8-13)18-20-15-5-1-2-6-16(15)24-18/h1-2,5-6,13-14H,3-4,7-12,19H2. The molecule has 0 saturated carbocycles. The van der Waals surface area contributed by atoms with Crippen molar-refractivity contribution in [3.05, 3.63) is 24.3 Å². The van der Waals surface area contributed by atoms with Crippen LogP contribution < -0.4 is 10.6 Å². The van der Waals surface area contributed by atoms with Gasteiger partial charge in [-0.05, 0) is 37.8 Å². The average Bonchev–Trinajstić information content (AvgIpc) is 3.05. The van der Waals surface area contributed by atoms with Crippen molar-refractivity contribution >= 4 is 23.0 Å². The van der Waals surface area contributed by atoms with E-state index < -0.39 is 0 Å².